The number of rotatable bonds is 8. The van der Waals surface area contributed by atoms with Gasteiger partial charge in [-0.1, -0.05) is 82.5 Å². The molecule has 1 saturated heterocycles. The largest absolute Gasteiger partial charge is 0.460 e. The lowest BCUT2D eigenvalue weighted by Crippen LogP contribution is -2.55. The zero-order valence-electron chi connectivity index (χ0n) is 22.9. The summed E-state index contributed by atoms with van der Waals surface area (Å²) in [5, 5.41) is 10.4. The molecule has 0 bridgehead atoms. The van der Waals surface area contributed by atoms with Gasteiger partial charge in [0.1, 0.15) is 24.2 Å². The fourth-order valence-electron chi connectivity index (χ4n) is 4.75. The maximum Gasteiger partial charge on any atom is 0.329 e. The average Bonchev–Trinajstić information content (AvgIpc) is 2.90. The molecule has 1 aliphatic heterocycles. The Hall–Kier alpha value is -3.42. The highest BCUT2D eigenvalue weighted by Crippen LogP contribution is 2.21. The van der Waals surface area contributed by atoms with Crippen molar-refractivity contribution in [3.05, 3.63) is 48.0 Å². The number of unbranched alkanes of at least 4 members (excludes halogenated alkanes) is 2. The molecule has 0 radical (unpaired) electrons. The molecule has 0 unspecified atom stereocenters. The number of esters is 1. The molecule has 8 nitrogen and oxygen atoms in total. The third-order valence-electron chi connectivity index (χ3n) is 7.30. The van der Waals surface area contributed by atoms with E-state index in [1.165, 1.54) is 0 Å². The molecule has 1 fully saturated rings. The van der Waals surface area contributed by atoms with E-state index in [2.05, 4.69) is 22.9 Å². The van der Waals surface area contributed by atoms with E-state index < -0.39 is 42.0 Å². The van der Waals surface area contributed by atoms with Crippen LogP contribution >= 0.6 is 0 Å². The van der Waals surface area contributed by atoms with Gasteiger partial charge in [-0.2, -0.15) is 0 Å². The lowest BCUT2D eigenvalue weighted by Gasteiger charge is -2.26. The van der Waals surface area contributed by atoms with Crippen molar-refractivity contribution in [3.63, 3.8) is 0 Å². The van der Waals surface area contributed by atoms with E-state index in [1.807, 2.05) is 56.3 Å². The predicted octanol–water partition coefficient (Wildman–Crippen LogP) is 3.80. The molecular formula is C30H41N3O5. The monoisotopic (exact) mass is 523 g/mol. The smallest absolute Gasteiger partial charge is 0.329 e. The molecule has 206 valence electrons. The summed E-state index contributed by atoms with van der Waals surface area (Å²) in [5.41, 5.74) is 0.910. The molecule has 0 aliphatic carbocycles. The number of fused-ring (bicyclic) bond motifs is 1. The van der Waals surface area contributed by atoms with Gasteiger partial charge in [0.2, 0.25) is 17.7 Å². The molecule has 2 aromatic carbocycles. The number of nitrogens with one attached hydrogen (secondary N) is 3. The van der Waals surface area contributed by atoms with Crippen LogP contribution in [0.2, 0.25) is 0 Å². The molecule has 3 amide bonds. The summed E-state index contributed by atoms with van der Waals surface area (Å²) in [7, 11) is 0. The lowest BCUT2D eigenvalue weighted by molar-refractivity contribution is -0.156. The van der Waals surface area contributed by atoms with Crippen LogP contribution in [0.1, 0.15) is 71.8 Å². The van der Waals surface area contributed by atoms with E-state index >= 15 is 0 Å². The number of cyclic esters (lactones) is 1. The van der Waals surface area contributed by atoms with Gasteiger partial charge in [0.05, 0.1) is 6.42 Å². The highest BCUT2D eigenvalue weighted by atomic mass is 16.5. The topological polar surface area (TPSA) is 114 Å². The molecule has 8 heteroatoms. The van der Waals surface area contributed by atoms with Crippen molar-refractivity contribution in [2.75, 3.05) is 0 Å². The van der Waals surface area contributed by atoms with Crippen molar-refractivity contribution in [1.29, 1.82) is 0 Å². The van der Waals surface area contributed by atoms with Crippen LogP contribution in [-0.4, -0.2) is 47.9 Å². The molecule has 3 N–H and O–H groups in total. The zero-order valence-corrected chi connectivity index (χ0v) is 22.9. The Kier molecular flexibility index (Phi) is 10.7. The van der Waals surface area contributed by atoms with Crippen molar-refractivity contribution in [1.82, 2.24) is 16.0 Å². The van der Waals surface area contributed by atoms with Crippen LogP contribution in [0, 0.1) is 5.92 Å². The van der Waals surface area contributed by atoms with Crippen LogP contribution in [-0.2, 0) is 30.3 Å². The van der Waals surface area contributed by atoms with Gasteiger partial charge in [-0.25, -0.2) is 4.79 Å². The van der Waals surface area contributed by atoms with E-state index in [4.69, 9.17) is 4.74 Å². The SMILES string of the molecule is CCCCC[C@@H]1CC(=O)N[C@@H](Cc2cccc3ccccc23)C(=O)N[C@@H](C)C(=O)N[C@H]([C@@H](C)CC)C(=O)O1. The van der Waals surface area contributed by atoms with Crippen molar-refractivity contribution < 1.29 is 23.9 Å². The predicted molar refractivity (Wildman–Crippen MR) is 147 cm³/mol. The quantitative estimate of drug-likeness (QED) is 0.360. The third kappa shape index (κ3) is 7.79. The summed E-state index contributed by atoms with van der Waals surface area (Å²) >= 11 is 0. The summed E-state index contributed by atoms with van der Waals surface area (Å²) in [6.45, 7) is 7.44. The Balaban J connectivity index is 1.91. The van der Waals surface area contributed by atoms with E-state index in [0.717, 1.165) is 35.6 Å². The molecule has 0 spiro atoms. The standard InChI is InChI=1S/C30H41N3O5/c1-5-7-8-15-23-18-26(34)32-25(17-22-14-11-13-21-12-9-10-16-24(21)22)29(36)31-20(4)28(35)33-27(19(3)6-2)30(37)38-23/h9-14,16,19-20,23,25,27H,5-8,15,17-18H2,1-4H3,(H,31,36)(H,32,34)(H,33,35)/t19-,20-,23+,25-,27+/m0/s1. The highest BCUT2D eigenvalue weighted by Gasteiger charge is 2.34. The fourth-order valence-corrected chi connectivity index (χ4v) is 4.75. The normalized spacial score (nSPS) is 24.2. The summed E-state index contributed by atoms with van der Waals surface area (Å²) < 4.78 is 5.82. The van der Waals surface area contributed by atoms with E-state index in [0.29, 0.717) is 12.8 Å². The fraction of sp³-hybridized carbons (Fsp3) is 0.533. The van der Waals surface area contributed by atoms with Gasteiger partial charge in [-0.05, 0) is 42.0 Å². The molecule has 3 rings (SSSR count). The molecule has 0 aromatic heterocycles. The minimum Gasteiger partial charge on any atom is -0.460 e. The molecule has 5 atom stereocenters. The van der Waals surface area contributed by atoms with Crippen molar-refractivity contribution in [2.45, 2.75) is 96.9 Å². The van der Waals surface area contributed by atoms with Gasteiger partial charge >= 0.3 is 5.97 Å². The molecule has 0 saturated carbocycles. The Labute approximate surface area is 225 Å². The second kappa shape index (κ2) is 13.9. The lowest BCUT2D eigenvalue weighted by atomic mass is 9.98. The molecule has 1 aliphatic rings. The molecule has 1 heterocycles. The highest BCUT2D eigenvalue weighted by molar-refractivity contribution is 5.94. The third-order valence-corrected chi connectivity index (χ3v) is 7.30. The summed E-state index contributed by atoms with van der Waals surface area (Å²) in [4.78, 5) is 52.7. The number of carbonyl (C=O) groups is 4. The zero-order chi connectivity index (χ0) is 27.7. The van der Waals surface area contributed by atoms with E-state index in [-0.39, 0.29) is 24.7 Å². The maximum atomic E-state index is 13.4. The van der Waals surface area contributed by atoms with Crippen LogP contribution in [0.5, 0.6) is 0 Å². The summed E-state index contributed by atoms with van der Waals surface area (Å²) in [5.74, 6) is -2.03. The Morgan fingerprint density at radius 2 is 1.66 bits per heavy atom. The van der Waals surface area contributed by atoms with Gasteiger partial charge in [0.15, 0.2) is 0 Å². The first-order valence-corrected chi connectivity index (χ1v) is 13.8. The van der Waals surface area contributed by atoms with Crippen LogP contribution in [0.25, 0.3) is 10.8 Å². The first-order valence-electron chi connectivity index (χ1n) is 13.8. The van der Waals surface area contributed by atoms with Gasteiger partial charge in [0.25, 0.3) is 0 Å². The Morgan fingerprint density at radius 1 is 0.921 bits per heavy atom. The van der Waals surface area contributed by atoms with Crippen molar-refractivity contribution in [3.8, 4) is 0 Å². The summed E-state index contributed by atoms with van der Waals surface area (Å²) in [6, 6.07) is 11.0. The number of benzene rings is 2. The van der Waals surface area contributed by atoms with Crippen molar-refractivity contribution in [2.24, 2.45) is 5.92 Å². The number of ether oxygens (including phenoxy) is 1. The van der Waals surface area contributed by atoms with Gasteiger partial charge in [0, 0.05) is 6.42 Å². The molecular weight excluding hydrogens is 482 g/mol. The van der Waals surface area contributed by atoms with Crippen LogP contribution < -0.4 is 16.0 Å². The first-order chi connectivity index (χ1) is 18.2. The molecule has 38 heavy (non-hydrogen) atoms. The Morgan fingerprint density at radius 3 is 2.39 bits per heavy atom. The van der Waals surface area contributed by atoms with Gasteiger partial charge < -0.3 is 20.7 Å². The number of carbonyl (C=O) groups excluding carboxylic acids is 4. The van der Waals surface area contributed by atoms with E-state index in [1.54, 1.807) is 6.92 Å². The van der Waals surface area contributed by atoms with Crippen LogP contribution in [0.4, 0.5) is 0 Å². The second-order valence-corrected chi connectivity index (χ2v) is 10.3. The molecule has 2 aromatic rings. The number of hydrogen-bond acceptors (Lipinski definition) is 5. The van der Waals surface area contributed by atoms with E-state index in [9.17, 15) is 19.2 Å². The first kappa shape index (κ1) is 29.1. The average molecular weight is 524 g/mol. The summed E-state index contributed by atoms with van der Waals surface area (Å²) in [6.07, 6.45) is 3.48. The van der Waals surface area contributed by atoms with Gasteiger partial charge in [-0.15, -0.1) is 0 Å². The van der Waals surface area contributed by atoms with Crippen molar-refractivity contribution >= 4 is 34.5 Å². The van der Waals surface area contributed by atoms with Crippen LogP contribution in [0.15, 0.2) is 42.5 Å². The van der Waals surface area contributed by atoms with Crippen LogP contribution in [0.3, 0.4) is 0 Å². The van der Waals surface area contributed by atoms with Gasteiger partial charge in [-0.3, -0.25) is 14.4 Å². The minimum atomic E-state index is -0.908. The number of hydrogen-bond donors (Lipinski definition) is 3. The minimum absolute atomic E-state index is 0.0501. The number of amides is 3. The maximum absolute atomic E-state index is 13.4. The Bertz CT molecular complexity index is 1130. The second-order valence-electron chi connectivity index (χ2n) is 10.3.